The van der Waals surface area contributed by atoms with E-state index in [9.17, 15) is 4.79 Å². The monoisotopic (exact) mass is 549 g/mol. The summed E-state index contributed by atoms with van der Waals surface area (Å²) in [4.78, 5) is 18.3. The highest BCUT2D eigenvalue weighted by Crippen LogP contribution is 2.42. The minimum atomic E-state index is -0.672. The zero-order valence-corrected chi connectivity index (χ0v) is 22.8. The number of pyridine rings is 1. The molecule has 2 heterocycles. The van der Waals surface area contributed by atoms with E-state index in [1.807, 2.05) is 30.6 Å². The maximum absolute atomic E-state index is 13.4. The van der Waals surface area contributed by atoms with Gasteiger partial charge in [0, 0.05) is 22.3 Å². The Labute approximate surface area is 236 Å². The number of halogens is 2. The van der Waals surface area contributed by atoms with E-state index < -0.39 is 5.54 Å². The van der Waals surface area contributed by atoms with E-state index >= 15 is 0 Å². The summed E-state index contributed by atoms with van der Waals surface area (Å²) in [5.41, 5.74) is 4.27. The van der Waals surface area contributed by atoms with Crippen LogP contribution in [-0.4, -0.2) is 14.1 Å². The maximum Gasteiger partial charge on any atom is 0.258 e. The second kappa shape index (κ2) is 10.2. The Bertz CT molecular complexity index is 1730. The van der Waals surface area contributed by atoms with Crippen LogP contribution in [0.3, 0.4) is 0 Å². The van der Waals surface area contributed by atoms with Crippen LogP contribution >= 0.6 is 23.2 Å². The van der Waals surface area contributed by atoms with Gasteiger partial charge in [-0.1, -0.05) is 114 Å². The van der Waals surface area contributed by atoms with Crippen LogP contribution in [0.25, 0.3) is 10.8 Å². The molecule has 0 aliphatic heterocycles. The van der Waals surface area contributed by atoms with Gasteiger partial charge in [0.05, 0.1) is 29.0 Å². The average molecular weight is 550 g/mol. The van der Waals surface area contributed by atoms with Crippen molar-refractivity contribution in [3.05, 3.63) is 170 Å². The van der Waals surface area contributed by atoms with Crippen LogP contribution in [0.15, 0.2) is 127 Å². The molecule has 0 saturated carbocycles. The number of imidazole rings is 1. The molecule has 0 saturated heterocycles. The summed E-state index contributed by atoms with van der Waals surface area (Å²) in [6.07, 6.45) is 3.65. The molecule has 6 heteroatoms. The quantitative estimate of drug-likeness (QED) is 0.199. The highest BCUT2D eigenvalue weighted by Gasteiger charge is 2.39. The molecular formula is C33H25Cl2N3O. The van der Waals surface area contributed by atoms with Crippen molar-refractivity contribution in [2.45, 2.75) is 19.0 Å². The van der Waals surface area contributed by atoms with Crippen LogP contribution in [-0.2, 0) is 12.1 Å². The van der Waals surface area contributed by atoms with Gasteiger partial charge in [-0.25, -0.2) is 4.98 Å². The molecule has 4 nitrogen and oxygen atoms in total. The number of fused-ring (bicyclic) bond motifs is 1. The molecule has 0 bridgehead atoms. The molecule has 0 N–H and O–H groups in total. The van der Waals surface area contributed by atoms with Gasteiger partial charge < -0.3 is 9.13 Å². The first-order valence-electron chi connectivity index (χ1n) is 12.7. The summed E-state index contributed by atoms with van der Waals surface area (Å²) in [6, 6.07) is 36.6. The molecule has 2 aromatic heterocycles. The molecule has 0 aliphatic carbocycles. The number of aromatic nitrogens is 3. The van der Waals surface area contributed by atoms with E-state index in [0.717, 1.165) is 28.1 Å². The van der Waals surface area contributed by atoms with Gasteiger partial charge in [0.1, 0.15) is 5.54 Å². The Morgan fingerprint density at radius 2 is 1.28 bits per heavy atom. The van der Waals surface area contributed by atoms with E-state index in [4.69, 9.17) is 28.2 Å². The first-order chi connectivity index (χ1) is 19.0. The Balaban J connectivity index is 1.56. The molecule has 0 aliphatic rings. The number of rotatable bonds is 6. The molecule has 0 atom stereocenters. The van der Waals surface area contributed by atoms with Gasteiger partial charge in [-0.3, -0.25) is 4.79 Å². The van der Waals surface area contributed by atoms with Gasteiger partial charge in [-0.05, 0) is 41.8 Å². The number of hydrogen-bond donors (Lipinski definition) is 0. The predicted octanol–water partition coefficient (Wildman–Crippen LogP) is 7.70. The molecule has 0 amide bonds. The minimum Gasteiger partial charge on any atom is -0.316 e. The number of hydrogen-bond acceptors (Lipinski definition) is 2. The fourth-order valence-corrected chi connectivity index (χ4v) is 6.06. The average Bonchev–Trinajstić information content (AvgIpc) is 3.32. The standard InChI is InChI=1S/C33H25Cl2N3O/c1-23-31(21-37-18-17-28-29(32(37)39)19-27(34)20-30(28)35)36-22-38(23)33(24-11-5-2-6-12-24,25-13-7-3-8-14-25)26-15-9-4-10-16-26/h2-20,22H,21H2,1H3. The van der Waals surface area contributed by atoms with E-state index in [0.29, 0.717) is 27.4 Å². The van der Waals surface area contributed by atoms with E-state index in [2.05, 4.69) is 84.3 Å². The largest absolute Gasteiger partial charge is 0.316 e. The van der Waals surface area contributed by atoms with Crippen molar-refractivity contribution >= 4 is 34.0 Å². The molecule has 6 aromatic rings. The molecule has 0 radical (unpaired) electrons. The van der Waals surface area contributed by atoms with Crippen molar-refractivity contribution < 1.29 is 0 Å². The number of nitrogens with zero attached hydrogens (tertiary/aromatic N) is 3. The van der Waals surface area contributed by atoms with Crippen LogP contribution in [0, 0.1) is 6.92 Å². The smallest absolute Gasteiger partial charge is 0.258 e. The van der Waals surface area contributed by atoms with Crippen molar-refractivity contribution in [3.8, 4) is 0 Å². The first kappa shape index (κ1) is 25.2. The van der Waals surface area contributed by atoms with E-state index in [1.54, 1.807) is 22.9 Å². The van der Waals surface area contributed by atoms with Crippen LogP contribution in [0.4, 0.5) is 0 Å². The van der Waals surface area contributed by atoms with Gasteiger partial charge in [0.2, 0.25) is 0 Å². The molecule has 192 valence electrons. The highest BCUT2D eigenvalue weighted by molar-refractivity contribution is 6.38. The van der Waals surface area contributed by atoms with Crippen LogP contribution < -0.4 is 5.56 Å². The fourth-order valence-electron chi connectivity index (χ4n) is 5.50. The number of benzene rings is 4. The van der Waals surface area contributed by atoms with Crippen molar-refractivity contribution in [2.75, 3.05) is 0 Å². The lowest BCUT2D eigenvalue weighted by molar-refractivity contribution is 0.502. The Morgan fingerprint density at radius 3 is 1.82 bits per heavy atom. The lowest BCUT2D eigenvalue weighted by Crippen LogP contribution is -2.38. The molecule has 6 rings (SSSR count). The van der Waals surface area contributed by atoms with Gasteiger partial charge in [0.25, 0.3) is 5.56 Å². The van der Waals surface area contributed by atoms with Crippen molar-refractivity contribution in [1.29, 1.82) is 0 Å². The van der Waals surface area contributed by atoms with Crippen molar-refractivity contribution in [3.63, 3.8) is 0 Å². The maximum atomic E-state index is 13.4. The minimum absolute atomic E-state index is 0.161. The van der Waals surface area contributed by atoms with Crippen LogP contribution in [0.2, 0.25) is 10.0 Å². The summed E-state index contributed by atoms with van der Waals surface area (Å²) in [7, 11) is 0. The molecule has 39 heavy (non-hydrogen) atoms. The molecular weight excluding hydrogens is 525 g/mol. The van der Waals surface area contributed by atoms with Crippen LogP contribution in [0.1, 0.15) is 28.1 Å². The highest BCUT2D eigenvalue weighted by atomic mass is 35.5. The van der Waals surface area contributed by atoms with Crippen LogP contribution in [0.5, 0.6) is 0 Å². The SMILES string of the molecule is Cc1c(Cn2ccc3c(Cl)cc(Cl)cc3c2=O)ncn1C(c1ccccc1)(c1ccccc1)c1ccccc1. The van der Waals surface area contributed by atoms with Gasteiger partial charge in [-0.15, -0.1) is 0 Å². The van der Waals surface area contributed by atoms with E-state index in [-0.39, 0.29) is 5.56 Å². The Hall–Kier alpha value is -4.12. The summed E-state index contributed by atoms with van der Waals surface area (Å²) in [5.74, 6) is 0. The molecule has 0 fully saturated rings. The summed E-state index contributed by atoms with van der Waals surface area (Å²) in [6.45, 7) is 2.37. The lowest BCUT2D eigenvalue weighted by Gasteiger charge is -2.38. The third-order valence-electron chi connectivity index (χ3n) is 7.37. The fraction of sp³-hybridized carbons (Fsp3) is 0.0909. The summed E-state index contributed by atoms with van der Waals surface area (Å²) >= 11 is 12.6. The van der Waals surface area contributed by atoms with Gasteiger partial charge >= 0.3 is 0 Å². The topological polar surface area (TPSA) is 39.8 Å². The van der Waals surface area contributed by atoms with E-state index in [1.165, 1.54) is 0 Å². The Kier molecular flexibility index (Phi) is 6.59. The Morgan fingerprint density at radius 1 is 0.744 bits per heavy atom. The first-order valence-corrected chi connectivity index (χ1v) is 13.4. The third-order valence-corrected chi connectivity index (χ3v) is 7.90. The summed E-state index contributed by atoms with van der Waals surface area (Å²) < 4.78 is 3.88. The molecule has 0 spiro atoms. The van der Waals surface area contributed by atoms with Crippen molar-refractivity contribution in [2.24, 2.45) is 0 Å². The third kappa shape index (κ3) is 4.26. The second-order valence-electron chi connectivity index (χ2n) is 9.55. The predicted molar refractivity (Wildman–Crippen MR) is 159 cm³/mol. The zero-order valence-electron chi connectivity index (χ0n) is 21.3. The summed E-state index contributed by atoms with van der Waals surface area (Å²) in [5, 5.41) is 2.06. The van der Waals surface area contributed by atoms with Crippen molar-refractivity contribution in [1.82, 2.24) is 14.1 Å². The lowest BCUT2D eigenvalue weighted by atomic mass is 9.76. The second-order valence-corrected chi connectivity index (χ2v) is 10.4. The normalized spacial score (nSPS) is 11.7. The zero-order chi connectivity index (χ0) is 27.0. The van der Waals surface area contributed by atoms with Gasteiger partial charge in [0.15, 0.2) is 0 Å². The molecule has 4 aromatic carbocycles. The molecule has 0 unspecified atom stereocenters. The van der Waals surface area contributed by atoms with Gasteiger partial charge in [-0.2, -0.15) is 0 Å².